The topological polar surface area (TPSA) is 37.4 Å². The van der Waals surface area contributed by atoms with E-state index in [9.17, 15) is 17.2 Å². The molecule has 0 heterocycles. The minimum Gasteiger partial charge on any atom is -0.267 e. The van der Waals surface area contributed by atoms with Crippen LogP contribution in [0.15, 0.2) is 51.8 Å². The molecule has 0 spiro atoms. The smallest absolute Gasteiger partial charge is 0.264 e. The number of sulfonamides is 1. The monoisotopic (exact) mass is 375 g/mol. The second-order valence-electron chi connectivity index (χ2n) is 4.22. The Hall–Kier alpha value is -1.47. The first kappa shape index (κ1) is 15.9. The van der Waals surface area contributed by atoms with Crippen LogP contribution >= 0.6 is 15.9 Å². The van der Waals surface area contributed by atoms with Gasteiger partial charge in [-0.2, -0.15) is 0 Å². The normalized spacial score (nSPS) is 11.4. The van der Waals surface area contributed by atoms with Crippen LogP contribution in [0.4, 0.5) is 14.5 Å². The number of hydrogen-bond donors (Lipinski definition) is 0. The second-order valence-corrected chi connectivity index (χ2v) is 6.94. The van der Waals surface area contributed by atoms with Crippen molar-refractivity contribution in [1.82, 2.24) is 0 Å². The Bertz CT molecular complexity index is 748. The molecule has 2 rings (SSSR count). The molecule has 0 amide bonds. The van der Waals surface area contributed by atoms with Gasteiger partial charge in [0.1, 0.15) is 11.6 Å². The van der Waals surface area contributed by atoms with E-state index in [0.717, 1.165) is 10.4 Å². The Labute approximate surface area is 130 Å². The van der Waals surface area contributed by atoms with Gasteiger partial charge in [0.05, 0.1) is 15.1 Å². The molecule has 0 bridgehead atoms. The largest absolute Gasteiger partial charge is 0.267 e. The van der Waals surface area contributed by atoms with E-state index in [1.165, 1.54) is 36.4 Å². The third-order valence-electron chi connectivity index (χ3n) is 2.88. The Morgan fingerprint density at radius 2 is 1.71 bits per heavy atom. The van der Waals surface area contributed by atoms with Crippen molar-refractivity contribution in [3.8, 4) is 0 Å². The van der Waals surface area contributed by atoms with Crippen molar-refractivity contribution >= 4 is 31.6 Å². The Morgan fingerprint density at radius 3 is 2.24 bits per heavy atom. The zero-order chi connectivity index (χ0) is 15.6. The number of nitrogens with zero attached hydrogens (tertiary/aromatic N) is 1. The summed E-state index contributed by atoms with van der Waals surface area (Å²) in [5.74, 6) is -1.12. The Morgan fingerprint density at radius 1 is 1.10 bits per heavy atom. The van der Waals surface area contributed by atoms with Gasteiger partial charge in [-0.25, -0.2) is 17.2 Å². The summed E-state index contributed by atoms with van der Waals surface area (Å²) in [6, 6.07) is 8.68. The van der Waals surface area contributed by atoms with Crippen LogP contribution in [0.3, 0.4) is 0 Å². The Balaban J connectivity index is 2.49. The fourth-order valence-electron chi connectivity index (χ4n) is 1.86. The molecule has 0 aliphatic heterocycles. The Kier molecular flexibility index (Phi) is 4.63. The molecule has 0 N–H and O–H groups in total. The lowest BCUT2D eigenvalue weighted by Gasteiger charge is -2.23. The average Bonchev–Trinajstić information content (AvgIpc) is 2.44. The van der Waals surface area contributed by atoms with E-state index in [0.29, 0.717) is 5.69 Å². The lowest BCUT2D eigenvalue weighted by atomic mass is 10.3. The summed E-state index contributed by atoms with van der Waals surface area (Å²) in [7, 11) is -3.91. The van der Waals surface area contributed by atoms with Gasteiger partial charge in [0.2, 0.25) is 0 Å². The van der Waals surface area contributed by atoms with E-state index in [2.05, 4.69) is 15.9 Å². The van der Waals surface area contributed by atoms with Gasteiger partial charge in [-0.15, -0.1) is 0 Å². The third kappa shape index (κ3) is 3.24. The molecule has 0 fully saturated rings. The average molecular weight is 376 g/mol. The maximum absolute atomic E-state index is 13.6. The molecule has 2 aromatic rings. The van der Waals surface area contributed by atoms with Crippen LogP contribution in [-0.4, -0.2) is 15.0 Å². The van der Waals surface area contributed by atoms with Crippen molar-refractivity contribution in [2.75, 3.05) is 10.8 Å². The van der Waals surface area contributed by atoms with Gasteiger partial charge >= 0.3 is 0 Å². The molecule has 0 aliphatic rings. The summed E-state index contributed by atoms with van der Waals surface area (Å²) in [5.41, 5.74) is 0.322. The molecule has 0 unspecified atom stereocenters. The summed E-state index contributed by atoms with van der Waals surface area (Å²) in [4.78, 5) is -0.158. The van der Waals surface area contributed by atoms with Crippen molar-refractivity contribution in [3.05, 3.63) is 58.6 Å². The molecule has 0 radical (unpaired) electrons. The van der Waals surface area contributed by atoms with Gasteiger partial charge in [-0.3, -0.25) is 4.31 Å². The first-order chi connectivity index (χ1) is 9.86. The van der Waals surface area contributed by atoms with E-state index in [1.54, 1.807) is 6.92 Å². The summed E-state index contributed by atoms with van der Waals surface area (Å²) in [6.07, 6.45) is 0. The first-order valence-corrected chi connectivity index (χ1v) is 8.33. The van der Waals surface area contributed by atoms with Gasteiger partial charge in [0, 0.05) is 6.54 Å². The molecule has 7 heteroatoms. The van der Waals surface area contributed by atoms with Crippen molar-refractivity contribution in [3.63, 3.8) is 0 Å². The molecule has 0 atom stereocenters. The number of benzene rings is 2. The molecule has 21 heavy (non-hydrogen) atoms. The van der Waals surface area contributed by atoms with Crippen molar-refractivity contribution in [2.45, 2.75) is 11.8 Å². The number of anilines is 1. The molecular formula is C14H12BrF2NO2S. The highest BCUT2D eigenvalue weighted by atomic mass is 79.9. The van der Waals surface area contributed by atoms with Crippen molar-refractivity contribution in [1.29, 1.82) is 0 Å². The highest BCUT2D eigenvalue weighted by molar-refractivity contribution is 9.10. The molecule has 0 saturated heterocycles. The maximum Gasteiger partial charge on any atom is 0.264 e. The van der Waals surface area contributed by atoms with Gasteiger partial charge in [0.15, 0.2) is 0 Å². The van der Waals surface area contributed by atoms with Gasteiger partial charge < -0.3 is 0 Å². The highest BCUT2D eigenvalue weighted by Crippen LogP contribution is 2.26. The van der Waals surface area contributed by atoms with E-state index >= 15 is 0 Å². The molecular weight excluding hydrogens is 364 g/mol. The maximum atomic E-state index is 13.6. The zero-order valence-corrected chi connectivity index (χ0v) is 13.5. The van der Waals surface area contributed by atoms with Crippen LogP contribution in [-0.2, 0) is 10.0 Å². The molecule has 112 valence electrons. The molecule has 0 aromatic heterocycles. The summed E-state index contributed by atoms with van der Waals surface area (Å²) >= 11 is 2.98. The fraction of sp³-hybridized carbons (Fsp3) is 0.143. The SMILES string of the molecule is CCN(c1ccc(F)cc1)S(=O)(=O)c1ccc(Br)c(F)c1. The second kappa shape index (κ2) is 6.11. The van der Waals surface area contributed by atoms with Crippen LogP contribution in [0.1, 0.15) is 6.92 Å². The van der Waals surface area contributed by atoms with E-state index in [4.69, 9.17) is 0 Å². The predicted molar refractivity (Wildman–Crippen MR) is 80.7 cm³/mol. The molecule has 0 aliphatic carbocycles. The van der Waals surface area contributed by atoms with Crippen LogP contribution in [0.25, 0.3) is 0 Å². The van der Waals surface area contributed by atoms with Crippen LogP contribution in [0.2, 0.25) is 0 Å². The number of hydrogen-bond acceptors (Lipinski definition) is 2. The lowest BCUT2D eigenvalue weighted by molar-refractivity contribution is 0.585. The van der Waals surface area contributed by atoms with Crippen molar-refractivity contribution < 1.29 is 17.2 Å². The minimum atomic E-state index is -3.91. The van der Waals surface area contributed by atoms with E-state index in [-0.39, 0.29) is 15.9 Å². The summed E-state index contributed by atoms with van der Waals surface area (Å²) in [6.45, 7) is 1.79. The number of rotatable bonds is 4. The summed E-state index contributed by atoms with van der Waals surface area (Å²) in [5, 5.41) is 0. The minimum absolute atomic E-state index is 0.144. The third-order valence-corrected chi connectivity index (χ3v) is 5.42. The standard InChI is InChI=1S/C14H12BrF2NO2S/c1-2-18(11-5-3-10(16)4-6-11)21(19,20)12-7-8-13(15)14(17)9-12/h3-9H,2H2,1H3. The fourth-order valence-corrected chi connectivity index (χ4v) is 3.60. The van der Waals surface area contributed by atoms with Crippen molar-refractivity contribution in [2.24, 2.45) is 0 Å². The van der Waals surface area contributed by atoms with E-state index in [1.807, 2.05) is 0 Å². The molecule has 2 aromatic carbocycles. The van der Waals surface area contributed by atoms with Crippen LogP contribution in [0.5, 0.6) is 0 Å². The van der Waals surface area contributed by atoms with Crippen LogP contribution in [0, 0.1) is 11.6 Å². The van der Waals surface area contributed by atoms with Gasteiger partial charge in [0.25, 0.3) is 10.0 Å². The van der Waals surface area contributed by atoms with E-state index < -0.39 is 21.7 Å². The summed E-state index contributed by atoms with van der Waals surface area (Å²) < 4.78 is 52.9. The number of halogens is 3. The van der Waals surface area contributed by atoms with Gasteiger partial charge in [-0.05, 0) is 65.3 Å². The lowest BCUT2D eigenvalue weighted by Crippen LogP contribution is -2.30. The quantitative estimate of drug-likeness (QED) is 0.811. The first-order valence-electron chi connectivity index (χ1n) is 6.09. The molecule has 3 nitrogen and oxygen atoms in total. The zero-order valence-electron chi connectivity index (χ0n) is 11.1. The van der Waals surface area contributed by atoms with Gasteiger partial charge in [-0.1, -0.05) is 0 Å². The highest BCUT2D eigenvalue weighted by Gasteiger charge is 2.24. The molecule has 0 saturated carbocycles. The predicted octanol–water partition coefficient (Wildman–Crippen LogP) is 3.94. The van der Waals surface area contributed by atoms with Crippen LogP contribution < -0.4 is 4.31 Å².